The van der Waals surface area contributed by atoms with Gasteiger partial charge in [-0.3, -0.25) is 4.98 Å². The summed E-state index contributed by atoms with van der Waals surface area (Å²) in [6.07, 6.45) is -5.17. The topological polar surface area (TPSA) is 101 Å². The van der Waals surface area contributed by atoms with Crippen molar-refractivity contribution >= 4 is 34.7 Å². The number of aliphatic imine (C=N–C) groups is 2. The third-order valence-corrected chi connectivity index (χ3v) is 4.21. The maximum atomic E-state index is 13.5. The molecule has 7 nitrogen and oxygen atoms in total. The summed E-state index contributed by atoms with van der Waals surface area (Å²) in [6.45, 7) is 1.54. The zero-order valence-electron chi connectivity index (χ0n) is 16.3. The van der Waals surface area contributed by atoms with Crippen molar-refractivity contribution in [2.45, 2.75) is 25.3 Å². The van der Waals surface area contributed by atoms with Crippen LogP contribution in [0.2, 0.25) is 0 Å². The number of halogens is 6. The molecule has 0 amide bonds. The average Bonchev–Trinajstić information content (AvgIpc) is 2.72. The summed E-state index contributed by atoms with van der Waals surface area (Å²) in [5.74, 6) is 0.0896. The second-order valence-electron chi connectivity index (χ2n) is 6.44. The first kappa shape index (κ1) is 22.9. The minimum absolute atomic E-state index is 0.0343. The maximum absolute atomic E-state index is 13.5. The Kier molecular flexibility index (Phi) is 6.27. The van der Waals surface area contributed by atoms with Gasteiger partial charge in [-0.2, -0.15) is 31.3 Å². The van der Waals surface area contributed by atoms with Crippen LogP contribution in [0.3, 0.4) is 0 Å². The predicted molar refractivity (Wildman–Crippen MR) is 107 cm³/mol. The number of aromatic nitrogens is 3. The maximum Gasteiger partial charge on any atom is 0.418 e. The van der Waals surface area contributed by atoms with Crippen molar-refractivity contribution in [3.8, 4) is 0 Å². The highest BCUT2D eigenvalue weighted by molar-refractivity contribution is 5.99. The van der Waals surface area contributed by atoms with E-state index in [0.717, 1.165) is 12.5 Å². The molecule has 0 radical (unpaired) electrons. The van der Waals surface area contributed by atoms with Crippen LogP contribution in [0, 0.1) is 0 Å². The summed E-state index contributed by atoms with van der Waals surface area (Å²) < 4.78 is 80.2. The van der Waals surface area contributed by atoms with E-state index in [0.29, 0.717) is 6.07 Å². The van der Waals surface area contributed by atoms with Crippen molar-refractivity contribution in [1.29, 1.82) is 0 Å². The van der Waals surface area contributed by atoms with Gasteiger partial charge in [0.25, 0.3) is 5.95 Å². The SMILES string of the molecule is CC(Nc1ccnc2c(C(F)(F)F)cc(C(F)(F)F)cc12)C(N=CN)=Nc1ncccn1. The third-order valence-electron chi connectivity index (χ3n) is 4.21. The van der Waals surface area contributed by atoms with Crippen LogP contribution in [0.25, 0.3) is 10.9 Å². The number of alkyl halides is 6. The van der Waals surface area contributed by atoms with E-state index in [4.69, 9.17) is 5.73 Å². The van der Waals surface area contributed by atoms with Gasteiger partial charge in [-0.1, -0.05) is 0 Å². The van der Waals surface area contributed by atoms with Crippen molar-refractivity contribution in [3.05, 3.63) is 54.0 Å². The van der Waals surface area contributed by atoms with Crippen LogP contribution in [0.15, 0.2) is 52.8 Å². The van der Waals surface area contributed by atoms with E-state index in [1.165, 1.54) is 18.5 Å². The van der Waals surface area contributed by atoms with Gasteiger partial charge in [0.05, 0.1) is 29.0 Å². The number of nitrogens with one attached hydrogen (secondary N) is 1. The van der Waals surface area contributed by atoms with Crippen molar-refractivity contribution in [2.24, 2.45) is 15.7 Å². The van der Waals surface area contributed by atoms with Crippen LogP contribution in [0.5, 0.6) is 0 Å². The van der Waals surface area contributed by atoms with Crippen LogP contribution >= 0.6 is 0 Å². The Labute approximate surface area is 177 Å². The number of hydrogen-bond acceptors (Lipinski definition) is 5. The Balaban J connectivity index is 2.11. The highest BCUT2D eigenvalue weighted by atomic mass is 19.4. The van der Waals surface area contributed by atoms with Gasteiger partial charge in [-0.25, -0.2) is 15.0 Å². The summed E-state index contributed by atoms with van der Waals surface area (Å²) in [6, 6.07) is 2.67. The molecule has 0 fully saturated rings. The van der Waals surface area contributed by atoms with E-state index in [-0.39, 0.29) is 28.9 Å². The molecule has 0 bridgehead atoms. The van der Waals surface area contributed by atoms with Gasteiger partial charge in [0.2, 0.25) is 0 Å². The van der Waals surface area contributed by atoms with E-state index in [9.17, 15) is 26.3 Å². The van der Waals surface area contributed by atoms with Gasteiger partial charge in [0, 0.05) is 29.7 Å². The van der Waals surface area contributed by atoms with E-state index >= 15 is 0 Å². The molecular formula is C19H15F6N7. The molecular weight excluding hydrogens is 440 g/mol. The summed E-state index contributed by atoms with van der Waals surface area (Å²) in [7, 11) is 0. The number of benzene rings is 1. The quantitative estimate of drug-likeness (QED) is 0.341. The Morgan fingerprint density at radius 3 is 2.31 bits per heavy atom. The fourth-order valence-corrected chi connectivity index (χ4v) is 2.82. The molecule has 2 aromatic heterocycles. The lowest BCUT2D eigenvalue weighted by Crippen LogP contribution is -2.25. The van der Waals surface area contributed by atoms with Crippen LogP contribution in [-0.2, 0) is 12.4 Å². The molecule has 32 heavy (non-hydrogen) atoms. The monoisotopic (exact) mass is 455 g/mol. The molecule has 3 aromatic rings. The molecule has 0 aliphatic heterocycles. The molecule has 1 aromatic carbocycles. The van der Waals surface area contributed by atoms with Crippen molar-refractivity contribution < 1.29 is 26.3 Å². The number of amidine groups is 1. The van der Waals surface area contributed by atoms with Crippen molar-refractivity contribution in [3.63, 3.8) is 0 Å². The van der Waals surface area contributed by atoms with Gasteiger partial charge in [0.15, 0.2) is 5.84 Å². The molecule has 3 N–H and O–H groups in total. The van der Waals surface area contributed by atoms with Crippen LogP contribution in [-0.4, -0.2) is 33.2 Å². The van der Waals surface area contributed by atoms with E-state index < -0.39 is 35.0 Å². The largest absolute Gasteiger partial charge is 0.418 e. The lowest BCUT2D eigenvalue weighted by molar-refractivity contribution is -0.142. The van der Waals surface area contributed by atoms with E-state index in [1.54, 1.807) is 13.0 Å². The van der Waals surface area contributed by atoms with Crippen LogP contribution in [0.1, 0.15) is 18.1 Å². The summed E-state index contributed by atoms with van der Waals surface area (Å²) >= 11 is 0. The Morgan fingerprint density at radius 1 is 1.03 bits per heavy atom. The third kappa shape index (κ3) is 5.10. The second kappa shape index (κ2) is 8.77. The molecule has 13 heteroatoms. The number of nitrogens with two attached hydrogens (primary N) is 1. The minimum atomic E-state index is -5.04. The fourth-order valence-electron chi connectivity index (χ4n) is 2.82. The average molecular weight is 455 g/mol. The normalized spacial score (nSPS) is 14.2. The molecule has 0 aliphatic rings. The first-order valence-corrected chi connectivity index (χ1v) is 8.94. The number of rotatable bonds is 4. The summed E-state index contributed by atoms with van der Waals surface area (Å²) in [5.41, 5.74) is 1.73. The summed E-state index contributed by atoms with van der Waals surface area (Å²) in [5, 5.41) is 2.45. The van der Waals surface area contributed by atoms with Crippen LogP contribution in [0.4, 0.5) is 38.0 Å². The second-order valence-corrected chi connectivity index (χ2v) is 6.44. The van der Waals surface area contributed by atoms with Gasteiger partial charge >= 0.3 is 12.4 Å². The lowest BCUT2D eigenvalue weighted by Gasteiger charge is -2.19. The lowest BCUT2D eigenvalue weighted by atomic mass is 10.0. The number of hydrogen-bond donors (Lipinski definition) is 2. The first-order valence-electron chi connectivity index (χ1n) is 8.94. The van der Waals surface area contributed by atoms with Crippen LogP contribution < -0.4 is 11.1 Å². The molecule has 168 valence electrons. The zero-order valence-corrected chi connectivity index (χ0v) is 16.3. The predicted octanol–water partition coefficient (Wildman–Crippen LogP) is 4.58. The fraction of sp³-hybridized carbons (Fsp3) is 0.211. The molecule has 1 atom stereocenters. The molecule has 2 heterocycles. The number of fused-ring (bicyclic) bond motifs is 1. The number of anilines is 1. The van der Waals surface area contributed by atoms with Gasteiger partial charge in [-0.05, 0) is 31.2 Å². The number of pyridine rings is 1. The molecule has 0 spiro atoms. The molecule has 0 saturated carbocycles. The highest BCUT2D eigenvalue weighted by Crippen LogP contribution is 2.41. The van der Waals surface area contributed by atoms with Gasteiger partial charge in [0.1, 0.15) is 0 Å². The van der Waals surface area contributed by atoms with Gasteiger partial charge in [-0.15, -0.1) is 0 Å². The smallest absolute Gasteiger partial charge is 0.390 e. The Hall–Kier alpha value is -3.77. The van der Waals surface area contributed by atoms with E-state index in [1.807, 2.05) is 0 Å². The molecule has 3 rings (SSSR count). The Morgan fingerprint density at radius 2 is 1.72 bits per heavy atom. The molecule has 1 unspecified atom stereocenters. The van der Waals surface area contributed by atoms with Gasteiger partial charge < -0.3 is 11.1 Å². The zero-order chi connectivity index (χ0) is 23.5. The minimum Gasteiger partial charge on any atom is -0.390 e. The van der Waals surface area contributed by atoms with Crippen molar-refractivity contribution in [2.75, 3.05) is 5.32 Å². The number of nitrogens with zero attached hydrogens (tertiary/aromatic N) is 5. The first-order chi connectivity index (χ1) is 15.0. The standard InChI is InChI=1S/C19H15F6N7/c1-10(16(30-9-26)32-17-28-4-2-5-29-17)31-14-3-6-27-15-12(14)7-11(18(20,21)22)8-13(15)19(23,24)25/h2-10H,1H3,(H,27,31)(H2,26,28,29,30,32). The molecule has 0 aliphatic carbocycles. The Bertz CT molecular complexity index is 1160. The highest BCUT2D eigenvalue weighted by Gasteiger charge is 2.39. The van der Waals surface area contributed by atoms with E-state index in [2.05, 4.69) is 30.3 Å². The summed E-state index contributed by atoms with van der Waals surface area (Å²) in [4.78, 5) is 19.5. The van der Waals surface area contributed by atoms with Crippen molar-refractivity contribution in [1.82, 2.24) is 15.0 Å². The molecule has 0 saturated heterocycles.